The summed E-state index contributed by atoms with van der Waals surface area (Å²) in [6, 6.07) is 3.59. The van der Waals surface area contributed by atoms with Crippen molar-refractivity contribution < 1.29 is 14.0 Å². The molecule has 2 heterocycles. The van der Waals surface area contributed by atoms with Gasteiger partial charge in [0.15, 0.2) is 11.7 Å². The number of carbonyl (C=O) groups is 2. The van der Waals surface area contributed by atoms with E-state index in [1.807, 2.05) is 13.8 Å². The van der Waals surface area contributed by atoms with Gasteiger partial charge in [0.05, 0.1) is 6.26 Å². The van der Waals surface area contributed by atoms with Crippen molar-refractivity contribution in [3.63, 3.8) is 0 Å². The summed E-state index contributed by atoms with van der Waals surface area (Å²) in [6.07, 6.45) is 2.83. The van der Waals surface area contributed by atoms with E-state index in [4.69, 9.17) is 4.42 Å². The van der Waals surface area contributed by atoms with E-state index in [1.165, 1.54) is 6.26 Å². The van der Waals surface area contributed by atoms with Crippen LogP contribution in [0.15, 0.2) is 27.8 Å². The summed E-state index contributed by atoms with van der Waals surface area (Å²) in [4.78, 5) is 32.3. The minimum absolute atomic E-state index is 0.0381. The average molecular weight is 363 g/mol. The molecular formula is C18H29N5O3. The molecule has 1 saturated heterocycles. The number of aliphatic imine (C=N–C) groups is 1. The molecule has 1 aliphatic heterocycles. The smallest absolute Gasteiger partial charge is 0.289 e. The standard InChI is InChI=1S/C18H29N5O3/c1-4-14(2)21-16(24)7-8-20-18(19-3)23-11-9-22(10-12-23)17(25)15-6-5-13-26-15/h5-6,13-14H,4,7-12H2,1-3H3,(H,19,20)(H,21,24). The topological polar surface area (TPSA) is 90.2 Å². The van der Waals surface area contributed by atoms with Crippen LogP contribution in [0.2, 0.25) is 0 Å². The van der Waals surface area contributed by atoms with Crippen LogP contribution < -0.4 is 10.6 Å². The summed E-state index contributed by atoms with van der Waals surface area (Å²) in [5.41, 5.74) is 0. The molecule has 2 N–H and O–H groups in total. The Bertz CT molecular complexity index is 606. The van der Waals surface area contributed by atoms with Gasteiger partial charge in [-0.3, -0.25) is 14.6 Å². The van der Waals surface area contributed by atoms with Gasteiger partial charge >= 0.3 is 0 Å². The van der Waals surface area contributed by atoms with Gasteiger partial charge in [-0.15, -0.1) is 0 Å². The number of piperazine rings is 1. The average Bonchev–Trinajstić information content (AvgIpc) is 3.19. The Kier molecular flexibility index (Phi) is 7.50. The van der Waals surface area contributed by atoms with Crippen LogP contribution in [0.5, 0.6) is 0 Å². The normalized spacial score (nSPS) is 16.3. The van der Waals surface area contributed by atoms with Crippen molar-refractivity contribution in [2.24, 2.45) is 4.99 Å². The highest BCUT2D eigenvalue weighted by atomic mass is 16.3. The lowest BCUT2D eigenvalue weighted by molar-refractivity contribution is -0.121. The van der Waals surface area contributed by atoms with Crippen LogP contribution in [-0.2, 0) is 4.79 Å². The lowest BCUT2D eigenvalue weighted by Crippen LogP contribution is -2.54. The third-order valence-electron chi connectivity index (χ3n) is 4.47. The van der Waals surface area contributed by atoms with Crippen molar-refractivity contribution in [1.29, 1.82) is 0 Å². The quantitative estimate of drug-likeness (QED) is 0.579. The predicted molar refractivity (Wildman–Crippen MR) is 100 cm³/mol. The van der Waals surface area contributed by atoms with Gasteiger partial charge in [0.2, 0.25) is 5.91 Å². The van der Waals surface area contributed by atoms with Crippen molar-refractivity contribution in [3.8, 4) is 0 Å². The molecule has 0 saturated carbocycles. The number of hydrogen-bond donors (Lipinski definition) is 2. The van der Waals surface area contributed by atoms with E-state index >= 15 is 0 Å². The summed E-state index contributed by atoms with van der Waals surface area (Å²) in [6.45, 7) is 7.15. The Labute approximate surface area is 154 Å². The van der Waals surface area contributed by atoms with E-state index in [0.717, 1.165) is 12.4 Å². The third kappa shape index (κ3) is 5.50. The monoisotopic (exact) mass is 363 g/mol. The maximum atomic E-state index is 12.3. The second kappa shape index (κ2) is 9.84. The molecule has 0 radical (unpaired) electrons. The van der Waals surface area contributed by atoms with E-state index in [1.54, 1.807) is 24.1 Å². The van der Waals surface area contributed by atoms with E-state index < -0.39 is 0 Å². The van der Waals surface area contributed by atoms with Crippen molar-refractivity contribution in [2.45, 2.75) is 32.7 Å². The van der Waals surface area contributed by atoms with E-state index in [0.29, 0.717) is 44.9 Å². The maximum Gasteiger partial charge on any atom is 0.289 e. The molecule has 2 amide bonds. The summed E-state index contributed by atoms with van der Waals surface area (Å²) in [5, 5.41) is 6.17. The molecule has 2 rings (SSSR count). The Morgan fingerprint density at radius 3 is 2.54 bits per heavy atom. The van der Waals surface area contributed by atoms with Gasteiger partial charge in [0, 0.05) is 52.2 Å². The molecule has 1 atom stereocenters. The summed E-state index contributed by atoms with van der Waals surface area (Å²) < 4.78 is 5.18. The highest BCUT2D eigenvalue weighted by Crippen LogP contribution is 2.09. The Morgan fingerprint density at radius 2 is 1.96 bits per heavy atom. The number of amides is 2. The van der Waals surface area contributed by atoms with Crippen molar-refractivity contribution in [2.75, 3.05) is 39.8 Å². The molecule has 144 valence electrons. The number of nitrogens with one attached hydrogen (secondary N) is 2. The lowest BCUT2D eigenvalue weighted by Gasteiger charge is -2.36. The summed E-state index contributed by atoms with van der Waals surface area (Å²) >= 11 is 0. The van der Waals surface area contributed by atoms with Crippen molar-refractivity contribution >= 4 is 17.8 Å². The van der Waals surface area contributed by atoms with E-state index in [-0.39, 0.29) is 17.9 Å². The zero-order chi connectivity index (χ0) is 18.9. The second-order valence-electron chi connectivity index (χ2n) is 6.36. The number of hydrogen-bond acceptors (Lipinski definition) is 4. The molecule has 1 aliphatic rings. The van der Waals surface area contributed by atoms with Crippen LogP contribution in [-0.4, -0.2) is 73.4 Å². The highest BCUT2D eigenvalue weighted by molar-refractivity contribution is 5.91. The van der Waals surface area contributed by atoms with E-state index in [2.05, 4.69) is 20.5 Å². The van der Waals surface area contributed by atoms with Crippen LogP contribution in [0.4, 0.5) is 0 Å². The Balaban J connectivity index is 1.74. The zero-order valence-corrected chi connectivity index (χ0v) is 15.8. The molecule has 1 aromatic rings. The SMILES string of the molecule is CCC(C)NC(=O)CCNC(=NC)N1CCN(C(=O)c2ccco2)CC1. The highest BCUT2D eigenvalue weighted by Gasteiger charge is 2.25. The first kappa shape index (κ1) is 19.8. The molecule has 0 aromatic carbocycles. The number of furan rings is 1. The third-order valence-corrected chi connectivity index (χ3v) is 4.47. The van der Waals surface area contributed by atoms with Crippen LogP contribution in [0, 0.1) is 0 Å². The van der Waals surface area contributed by atoms with E-state index in [9.17, 15) is 9.59 Å². The molecular weight excluding hydrogens is 334 g/mol. The minimum Gasteiger partial charge on any atom is -0.459 e. The van der Waals surface area contributed by atoms with Crippen molar-refractivity contribution in [1.82, 2.24) is 20.4 Å². The molecule has 0 spiro atoms. The summed E-state index contributed by atoms with van der Waals surface area (Å²) in [5.74, 6) is 1.08. The Hall–Kier alpha value is -2.51. The molecule has 1 unspecified atom stereocenters. The number of guanidine groups is 1. The molecule has 8 nitrogen and oxygen atoms in total. The molecule has 1 aromatic heterocycles. The minimum atomic E-state index is -0.0840. The van der Waals surface area contributed by atoms with Crippen LogP contribution >= 0.6 is 0 Å². The largest absolute Gasteiger partial charge is 0.459 e. The van der Waals surface area contributed by atoms with Crippen LogP contribution in [0.25, 0.3) is 0 Å². The first-order valence-electron chi connectivity index (χ1n) is 9.12. The fourth-order valence-electron chi connectivity index (χ4n) is 2.75. The molecule has 1 fully saturated rings. The molecule has 26 heavy (non-hydrogen) atoms. The van der Waals surface area contributed by atoms with Gasteiger partial charge in [0.1, 0.15) is 0 Å². The lowest BCUT2D eigenvalue weighted by atomic mass is 10.2. The molecule has 8 heteroatoms. The number of rotatable bonds is 6. The van der Waals surface area contributed by atoms with Gasteiger partial charge in [-0.05, 0) is 25.5 Å². The van der Waals surface area contributed by atoms with Gasteiger partial charge in [-0.25, -0.2) is 0 Å². The first-order valence-corrected chi connectivity index (χ1v) is 9.12. The van der Waals surface area contributed by atoms with Crippen LogP contribution in [0.1, 0.15) is 37.2 Å². The van der Waals surface area contributed by atoms with Gasteiger partial charge in [-0.1, -0.05) is 6.92 Å². The fourth-order valence-corrected chi connectivity index (χ4v) is 2.75. The summed E-state index contributed by atoms with van der Waals surface area (Å²) in [7, 11) is 1.72. The number of carbonyl (C=O) groups excluding carboxylic acids is 2. The Morgan fingerprint density at radius 1 is 1.27 bits per heavy atom. The predicted octanol–water partition coefficient (Wildman–Crippen LogP) is 0.918. The first-order chi connectivity index (χ1) is 12.5. The van der Waals surface area contributed by atoms with Crippen LogP contribution in [0.3, 0.4) is 0 Å². The molecule has 0 aliphatic carbocycles. The second-order valence-corrected chi connectivity index (χ2v) is 6.36. The van der Waals surface area contributed by atoms with Gasteiger partial charge < -0.3 is 24.9 Å². The molecule has 0 bridgehead atoms. The maximum absolute atomic E-state index is 12.3. The fraction of sp³-hybridized carbons (Fsp3) is 0.611. The zero-order valence-electron chi connectivity index (χ0n) is 15.8. The van der Waals surface area contributed by atoms with Crippen molar-refractivity contribution in [3.05, 3.63) is 24.2 Å². The number of nitrogens with zero attached hydrogens (tertiary/aromatic N) is 3. The van der Waals surface area contributed by atoms with Gasteiger partial charge in [0.25, 0.3) is 5.91 Å². The van der Waals surface area contributed by atoms with Gasteiger partial charge in [-0.2, -0.15) is 0 Å².